The fourth-order valence-corrected chi connectivity index (χ4v) is 16.9. The van der Waals surface area contributed by atoms with Gasteiger partial charge in [-0.05, 0) is 116 Å². The SMILES string of the molecule is C[C@@H]1C2OC(C)(C)[C@@H](O)[C@@]2(O)O[C@H]2C[C@@]3(C)C4CCC5C(C)(C)[C@@H](O[C@@H]6OC[C@@H](O)[C@H](O)[C@@H]6O[C@@H]6O[C@H](CO)[C@@H](O)[C@H](O)[C@H]6O[C@@H]6O[C@H](CO)[C@@H](O)[C@H](O)[C@H]6O)CC[C@@]56C[C@@]46CC[C@]3(C)C12. The Hall–Kier alpha value is -0.760. The molecule has 4 unspecified atom stereocenters. The Balaban J connectivity index is 0.868. The van der Waals surface area contributed by atoms with Crippen molar-refractivity contribution in [3.8, 4) is 0 Å². The average molecular weight is 945 g/mol. The van der Waals surface area contributed by atoms with Crippen LogP contribution in [0.15, 0.2) is 0 Å². The van der Waals surface area contributed by atoms with Crippen molar-refractivity contribution in [1.82, 2.24) is 0 Å². The highest BCUT2D eigenvalue weighted by Crippen LogP contribution is 2.89. The van der Waals surface area contributed by atoms with Crippen molar-refractivity contribution in [3.63, 3.8) is 0 Å². The molecule has 66 heavy (non-hydrogen) atoms. The summed E-state index contributed by atoms with van der Waals surface area (Å²) in [6, 6.07) is 0. The summed E-state index contributed by atoms with van der Waals surface area (Å²) in [6.07, 6.45) is -17.4. The van der Waals surface area contributed by atoms with Crippen molar-refractivity contribution < 1.29 is 94.1 Å². The number of ether oxygens (including phenoxy) is 8. The Morgan fingerprint density at radius 2 is 1.21 bits per heavy atom. The molecule has 0 aromatic carbocycles. The van der Waals surface area contributed by atoms with E-state index in [2.05, 4.69) is 34.6 Å². The second-order valence-electron chi connectivity index (χ2n) is 23.9. The lowest BCUT2D eigenvalue weighted by atomic mass is 9.41. The maximum Gasteiger partial charge on any atom is 0.222 e. The molecule has 0 radical (unpaired) electrons. The van der Waals surface area contributed by atoms with Crippen LogP contribution in [0.3, 0.4) is 0 Å². The lowest BCUT2D eigenvalue weighted by Crippen LogP contribution is -2.66. The molecule has 19 nitrogen and oxygen atoms in total. The van der Waals surface area contributed by atoms with Gasteiger partial charge in [-0.15, -0.1) is 0 Å². The highest BCUT2D eigenvalue weighted by Gasteiger charge is 2.84. The lowest BCUT2D eigenvalue weighted by molar-refractivity contribution is -0.392. The standard InChI is InChI=1S/C47H76O19/c1-19-27-21(65-47(58)36(19)66-42(4,5)40(47)57)14-44(7)25-9-8-24-41(2,3)26(10-11-45(24)18-46(25,45)13-12-43(27,44)6)62-38-34(28(51)20(50)17-59-38)64-39-35(32(55)30(53)23(16-49)61-39)63-37-33(56)31(54)29(52)22(15-48)60-37/h19-40,48-58H,8-18H2,1-7H3/t19-,20+,21-,22+,23+,24?,25?,26-,27?,28-,29+,30+,31-,32-,33+,34-,35+,36?,37-,38-,39-,40+,43+,44-,45+,46-,47-/m0/s1. The van der Waals surface area contributed by atoms with Crippen LogP contribution in [0.25, 0.3) is 0 Å². The Morgan fingerprint density at radius 1 is 0.606 bits per heavy atom. The second-order valence-corrected chi connectivity index (χ2v) is 23.9. The van der Waals surface area contributed by atoms with Gasteiger partial charge in [0.1, 0.15) is 79.4 Å². The van der Waals surface area contributed by atoms with Crippen molar-refractivity contribution in [3.05, 3.63) is 0 Å². The summed E-state index contributed by atoms with van der Waals surface area (Å²) in [5.41, 5.74) is -1.24. The zero-order valence-corrected chi connectivity index (χ0v) is 39.2. The molecule has 0 aromatic rings. The Bertz CT molecular complexity index is 1820. The quantitative estimate of drug-likeness (QED) is 0.127. The summed E-state index contributed by atoms with van der Waals surface area (Å²) in [4.78, 5) is 0. The van der Waals surface area contributed by atoms with E-state index in [9.17, 15) is 56.2 Å². The van der Waals surface area contributed by atoms with E-state index in [1.165, 1.54) is 0 Å². The van der Waals surface area contributed by atoms with E-state index in [-0.39, 0.29) is 63.6 Å². The summed E-state index contributed by atoms with van der Waals surface area (Å²) < 4.78 is 49.6. The molecule has 0 aromatic heterocycles. The van der Waals surface area contributed by atoms with Crippen LogP contribution in [0.2, 0.25) is 0 Å². The van der Waals surface area contributed by atoms with Crippen molar-refractivity contribution in [1.29, 1.82) is 0 Å². The van der Waals surface area contributed by atoms with Crippen LogP contribution in [0.1, 0.15) is 99.8 Å². The predicted molar refractivity (Wildman–Crippen MR) is 224 cm³/mol. The molecule has 10 aliphatic rings. The molecule has 11 N–H and O–H groups in total. The Kier molecular flexibility index (Phi) is 11.9. The van der Waals surface area contributed by atoms with E-state index in [0.29, 0.717) is 12.3 Å². The van der Waals surface area contributed by atoms with Crippen LogP contribution in [0.5, 0.6) is 0 Å². The Morgan fingerprint density at radius 3 is 1.89 bits per heavy atom. The summed E-state index contributed by atoms with van der Waals surface area (Å²) in [7, 11) is 0. The van der Waals surface area contributed by atoms with Gasteiger partial charge >= 0.3 is 0 Å². The van der Waals surface area contributed by atoms with Gasteiger partial charge in [-0.1, -0.05) is 34.6 Å². The van der Waals surface area contributed by atoms with Crippen molar-refractivity contribution in [2.24, 2.45) is 50.7 Å². The minimum Gasteiger partial charge on any atom is -0.394 e. The largest absolute Gasteiger partial charge is 0.394 e. The van der Waals surface area contributed by atoms with E-state index in [0.717, 1.165) is 44.9 Å². The number of aliphatic hydroxyl groups excluding tert-OH is 10. The lowest BCUT2D eigenvalue weighted by Gasteiger charge is -2.63. The van der Waals surface area contributed by atoms with E-state index in [1.54, 1.807) is 0 Å². The third-order valence-electron chi connectivity index (χ3n) is 20.3. The van der Waals surface area contributed by atoms with Gasteiger partial charge in [0, 0.05) is 0 Å². The number of aliphatic hydroxyl groups is 11. The second kappa shape index (κ2) is 16.1. The molecule has 5 saturated heterocycles. The average Bonchev–Trinajstić information content (AvgIpc) is 3.81. The van der Waals surface area contributed by atoms with Gasteiger partial charge in [-0.25, -0.2) is 0 Å². The molecule has 378 valence electrons. The van der Waals surface area contributed by atoms with E-state index >= 15 is 0 Å². The molecule has 0 bridgehead atoms. The molecule has 5 heterocycles. The molecular formula is C47H76O19. The first kappa shape index (κ1) is 48.8. The molecular weight excluding hydrogens is 868 g/mol. The topological polar surface area (TPSA) is 296 Å². The number of rotatable bonds is 8. The summed E-state index contributed by atoms with van der Waals surface area (Å²) in [5.74, 6) is -0.893. The van der Waals surface area contributed by atoms with Crippen LogP contribution in [0, 0.1) is 50.7 Å². The first-order chi connectivity index (χ1) is 30.9. The minimum absolute atomic E-state index is 0.0187. The van der Waals surface area contributed by atoms with Crippen LogP contribution in [-0.4, -0.2) is 198 Å². The number of hydrogen-bond acceptors (Lipinski definition) is 19. The van der Waals surface area contributed by atoms with Crippen LogP contribution >= 0.6 is 0 Å². The van der Waals surface area contributed by atoms with Gasteiger partial charge in [0.25, 0.3) is 0 Å². The van der Waals surface area contributed by atoms with Crippen molar-refractivity contribution >= 4 is 0 Å². The fourth-order valence-electron chi connectivity index (χ4n) is 16.9. The molecule has 5 aliphatic heterocycles. The highest BCUT2D eigenvalue weighted by molar-refractivity contribution is 5.32. The van der Waals surface area contributed by atoms with E-state index < -0.39 is 123 Å². The molecule has 2 spiro atoms. The zero-order chi connectivity index (χ0) is 47.6. The van der Waals surface area contributed by atoms with Crippen LogP contribution in [-0.2, 0) is 37.9 Å². The first-order valence-corrected chi connectivity index (χ1v) is 24.5. The van der Waals surface area contributed by atoms with Gasteiger partial charge in [0.05, 0.1) is 37.6 Å². The smallest absolute Gasteiger partial charge is 0.222 e. The first-order valence-electron chi connectivity index (χ1n) is 24.5. The van der Waals surface area contributed by atoms with Crippen LogP contribution < -0.4 is 0 Å². The van der Waals surface area contributed by atoms with E-state index in [4.69, 9.17) is 37.9 Å². The number of hydrogen-bond donors (Lipinski definition) is 11. The molecule has 0 amide bonds. The zero-order valence-electron chi connectivity index (χ0n) is 39.2. The molecule has 5 aliphatic carbocycles. The summed E-state index contributed by atoms with van der Waals surface area (Å²) >= 11 is 0. The Labute approximate surface area is 385 Å². The monoisotopic (exact) mass is 944 g/mol. The summed E-state index contributed by atoms with van der Waals surface area (Å²) in [5, 5.41) is 119. The molecule has 27 atom stereocenters. The summed E-state index contributed by atoms with van der Waals surface area (Å²) in [6.45, 7) is 13.4. The highest BCUT2D eigenvalue weighted by atomic mass is 16.8. The molecule has 19 heteroatoms. The minimum atomic E-state index is -1.88. The molecule has 5 saturated carbocycles. The normalized spacial score (nSPS) is 60.3. The van der Waals surface area contributed by atoms with Gasteiger partial charge in [-0.3, -0.25) is 0 Å². The molecule has 10 fully saturated rings. The van der Waals surface area contributed by atoms with E-state index in [1.807, 2.05) is 13.8 Å². The van der Waals surface area contributed by atoms with Gasteiger partial charge in [0.15, 0.2) is 18.9 Å². The third-order valence-corrected chi connectivity index (χ3v) is 20.3. The fraction of sp³-hybridized carbons (Fsp3) is 1.00. The van der Waals surface area contributed by atoms with Crippen LogP contribution in [0.4, 0.5) is 0 Å². The maximum absolute atomic E-state index is 11.9. The van der Waals surface area contributed by atoms with Crippen molar-refractivity contribution in [2.45, 2.75) is 222 Å². The van der Waals surface area contributed by atoms with Crippen molar-refractivity contribution in [2.75, 3.05) is 19.8 Å². The predicted octanol–water partition coefficient (Wildman–Crippen LogP) is -1.23. The van der Waals surface area contributed by atoms with Gasteiger partial charge in [0.2, 0.25) is 5.79 Å². The molecule has 10 rings (SSSR count). The van der Waals surface area contributed by atoms with Gasteiger partial charge in [-0.2, -0.15) is 0 Å². The third kappa shape index (κ3) is 6.56. The maximum atomic E-state index is 11.9. The number of fused-ring (bicyclic) bond motifs is 5. The van der Waals surface area contributed by atoms with Gasteiger partial charge < -0.3 is 94.1 Å².